The van der Waals surface area contributed by atoms with Gasteiger partial charge in [-0.3, -0.25) is 0 Å². The third kappa shape index (κ3) is 3.40. The van der Waals surface area contributed by atoms with Crippen LogP contribution in [0.15, 0.2) is 18.2 Å². The molecule has 6 heteroatoms. The van der Waals surface area contributed by atoms with Crippen molar-refractivity contribution in [2.24, 2.45) is 0 Å². The predicted molar refractivity (Wildman–Crippen MR) is 81.4 cm³/mol. The molecule has 1 atom stereocenters. The number of carboxylic acids is 1. The molecule has 0 saturated heterocycles. The van der Waals surface area contributed by atoms with E-state index in [1.165, 1.54) is 6.07 Å². The van der Waals surface area contributed by atoms with Crippen LogP contribution in [0.1, 0.15) is 35.5 Å². The maximum absolute atomic E-state index is 14.0. The minimum absolute atomic E-state index is 0.138. The molecule has 0 bridgehead atoms. The van der Waals surface area contributed by atoms with Gasteiger partial charge in [-0.05, 0) is 25.5 Å². The molecule has 1 aromatic heterocycles. The first-order chi connectivity index (χ1) is 9.85. The number of carbonyl (C=O) groups is 1. The highest BCUT2D eigenvalue weighted by Gasteiger charge is 2.21. The van der Waals surface area contributed by atoms with Crippen molar-refractivity contribution in [3.05, 3.63) is 34.5 Å². The molecule has 0 radical (unpaired) electrons. The quantitative estimate of drug-likeness (QED) is 0.767. The molecule has 1 heterocycles. The summed E-state index contributed by atoms with van der Waals surface area (Å²) < 4.78 is 14.6. The van der Waals surface area contributed by atoms with E-state index in [4.69, 9.17) is 0 Å². The first-order valence-corrected chi connectivity index (χ1v) is 7.53. The smallest absolute Gasteiger partial charge is 0.346 e. The van der Waals surface area contributed by atoms with E-state index in [-0.39, 0.29) is 11.4 Å². The van der Waals surface area contributed by atoms with Gasteiger partial charge < -0.3 is 15.5 Å². The van der Waals surface area contributed by atoms with Crippen LogP contribution in [0, 0.1) is 5.82 Å². The van der Waals surface area contributed by atoms with E-state index in [1.54, 1.807) is 19.1 Å². The van der Waals surface area contributed by atoms with E-state index in [2.05, 4.69) is 5.32 Å². The summed E-state index contributed by atoms with van der Waals surface area (Å²) in [6, 6.07) is 4.60. The second-order valence-corrected chi connectivity index (χ2v) is 6.33. The number of carboxylic acid groups (broad SMARTS) is 1. The maximum Gasteiger partial charge on any atom is 0.346 e. The zero-order chi connectivity index (χ0) is 15.6. The van der Waals surface area contributed by atoms with Gasteiger partial charge in [0.15, 0.2) is 0 Å². The first kappa shape index (κ1) is 15.9. The van der Waals surface area contributed by atoms with Gasteiger partial charge >= 0.3 is 5.97 Å². The number of nitrogens with one attached hydrogen (secondary N) is 1. The van der Waals surface area contributed by atoms with Crippen molar-refractivity contribution in [1.29, 1.82) is 0 Å². The van der Waals surface area contributed by atoms with E-state index < -0.39 is 17.4 Å². The molecule has 0 aliphatic heterocycles. The van der Waals surface area contributed by atoms with Crippen molar-refractivity contribution in [3.8, 4) is 0 Å². The van der Waals surface area contributed by atoms with Gasteiger partial charge in [-0.1, -0.05) is 13.0 Å². The molecule has 1 unspecified atom stereocenters. The number of fused-ring (bicyclic) bond motifs is 1. The molecule has 4 nitrogen and oxygen atoms in total. The molecular weight excluding hydrogens is 293 g/mol. The number of hydrogen-bond donors (Lipinski definition) is 3. The highest BCUT2D eigenvalue weighted by atomic mass is 32.1. The second-order valence-electron chi connectivity index (χ2n) is 5.28. The standard InChI is InChI=1S/C15H18FNO3S/c1-3-15(2,20)8-17-7-9-12-10(16)5-4-6-11(12)21-13(9)14(18)19/h4-6,17,20H,3,7-8H2,1-2H3,(H,18,19). The summed E-state index contributed by atoms with van der Waals surface area (Å²) in [7, 11) is 0. The van der Waals surface area contributed by atoms with Gasteiger partial charge in [0.05, 0.1) is 5.60 Å². The Balaban J connectivity index is 2.33. The molecule has 0 aliphatic rings. The molecule has 114 valence electrons. The van der Waals surface area contributed by atoms with E-state index in [0.717, 1.165) is 11.3 Å². The van der Waals surface area contributed by atoms with Gasteiger partial charge in [0, 0.05) is 28.7 Å². The Morgan fingerprint density at radius 3 is 2.81 bits per heavy atom. The molecule has 0 amide bonds. The highest BCUT2D eigenvalue weighted by Crippen LogP contribution is 2.33. The van der Waals surface area contributed by atoms with Crippen molar-refractivity contribution < 1.29 is 19.4 Å². The lowest BCUT2D eigenvalue weighted by Crippen LogP contribution is -2.36. The maximum atomic E-state index is 14.0. The third-order valence-corrected chi connectivity index (χ3v) is 4.71. The first-order valence-electron chi connectivity index (χ1n) is 6.72. The molecule has 3 N–H and O–H groups in total. The van der Waals surface area contributed by atoms with Crippen LogP contribution in [-0.4, -0.2) is 28.3 Å². The van der Waals surface area contributed by atoms with Crippen LogP contribution in [0.2, 0.25) is 0 Å². The lowest BCUT2D eigenvalue weighted by atomic mass is 10.0. The number of halogens is 1. The molecule has 0 saturated carbocycles. The molecule has 0 fully saturated rings. The van der Waals surface area contributed by atoms with Gasteiger partial charge in [-0.15, -0.1) is 11.3 Å². The molecule has 2 rings (SSSR count). The van der Waals surface area contributed by atoms with Gasteiger partial charge in [0.1, 0.15) is 10.7 Å². The number of aromatic carboxylic acids is 1. The number of thiophene rings is 1. The summed E-state index contributed by atoms with van der Waals surface area (Å²) in [5.41, 5.74) is -0.430. The SMILES string of the molecule is CCC(C)(O)CNCc1c(C(=O)O)sc2cccc(F)c12. The molecular formula is C15H18FNO3S. The van der Waals surface area contributed by atoms with Gasteiger partial charge in [-0.2, -0.15) is 0 Å². The Morgan fingerprint density at radius 2 is 2.19 bits per heavy atom. The largest absolute Gasteiger partial charge is 0.477 e. The summed E-state index contributed by atoms with van der Waals surface area (Å²) in [6.45, 7) is 4.08. The number of hydrogen-bond acceptors (Lipinski definition) is 4. The average Bonchev–Trinajstić information content (AvgIpc) is 2.79. The summed E-state index contributed by atoms with van der Waals surface area (Å²) in [5.74, 6) is -1.48. The molecule has 0 spiro atoms. The van der Waals surface area contributed by atoms with E-state index >= 15 is 0 Å². The van der Waals surface area contributed by atoms with E-state index in [9.17, 15) is 19.4 Å². The zero-order valence-electron chi connectivity index (χ0n) is 11.9. The predicted octanol–water partition coefficient (Wildman–Crippen LogP) is 2.99. The number of aliphatic hydroxyl groups is 1. The van der Waals surface area contributed by atoms with Crippen molar-refractivity contribution in [2.45, 2.75) is 32.4 Å². The van der Waals surface area contributed by atoms with Crippen LogP contribution >= 0.6 is 11.3 Å². The van der Waals surface area contributed by atoms with E-state index in [0.29, 0.717) is 28.6 Å². The molecule has 0 aliphatic carbocycles. The Hall–Kier alpha value is -1.50. The Morgan fingerprint density at radius 1 is 1.48 bits per heavy atom. The second kappa shape index (κ2) is 6.09. The summed E-state index contributed by atoms with van der Waals surface area (Å²) >= 11 is 1.07. The van der Waals surface area contributed by atoms with Gasteiger partial charge in [0.25, 0.3) is 0 Å². The van der Waals surface area contributed by atoms with E-state index in [1.807, 2.05) is 6.92 Å². The zero-order valence-corrected chi connectivity index (χ0v) is 12.8. The number of rotatable bonds is 6. The van der Waals surface area contributed by atoms with Crippen LogP contribution in [0.3, 0.4) is 0 Å². The lowest BCUT2D eigenvalue weighted by Gasteiger charge is -2.21. The van der Waals surface area contributed by atoms with Crippen molar-refractivity contribution in [1.82, 2.24) is 5.32 Å². The third-order valence-electron chi connectivity index (χ3n) is 3.53. The van der Waals surface area contributed by atoms with Crippen LogP contribution < -0.4 is 5.32 Å². The summed E-state index contributed by atoms with van der Waals surface area (Å²) in [5, 5.41) is 22.6. The minimum Gasteiger partial charge on any atom is -0.477 e. The topological polar surface area (TPSA) is 69.6 Å². The van der Waals surface area contributed by atoms with Crippen molar-refractivity contribution >= 4 is 27.4 Å². The average molecular weight is 311 g/mol. The van der Waals surface area contributed by atoms with Crippen LogP contribution in [0.5, 0.6) is 0 Å². The molecule has 21 heavy (non-hydrogen) atoms. The molecule has 2 aromatic rings. The fourth-order valence-corrected chi connectivity index (χ4v) is 3.16. The number of benzene rings is 1. The Kier molecular flexibility index (Phi) is 4.61. The minimum atomic E-state index is -1.06. The highest BCUT2D eigenvalue weighted by molar-refractivity contribution is 7.21. The monoisotopic (exact) mass is 311 g/mol. The lowest BCUT2D eigenvalue weighted by molar-refractivity contribution is 0.0556. The Bertz CT molecular complexity index is 666. The Labute approximate surface area is 126 Å². The van der Waals surface area contributed by atoms with Crippen molar-refractivity contribution in [2.75, 3.05) is 6.54 Å². The fourth-order valence-electron chi connectivity index (χ4n) is 2.09. The fraction of sp³-hybridized carbons (Fsp3) is 0.400. The van der Waals surface area contributed by atoms with Crippen LogP contribution in [0.25, 0.3) is 10.1 Å². The van der Waals surface area contributed by atoms with Crippen LogP contribution in [0.4, 0.5) is 4.39 Å². The van der Waals surface area contributed by atoms with Crippen LogP contribution in [-0.2, 0) is 6.54 Å². The summed E-state index contributed by atoms with van der Waals surface area (Å²) in [4.78, 5) is 11.5. The van der Waals surface area contributed by atoms with Gasteiger partial charge in [-0.25, -0.2) is 9.18 Å². The molecule has 1 aromatic carbocycles. The summed E-state index contributed by atoms with van der Waals surface area (Å²) in [6.07, 6.45) is 0.574. The van der Waals surface area contributed by atoms with Crippen molar-refractivity contribution in [3.63, 3.8) is 0 Å². The normalized spacial score (nSPS) is 14.3. The van der Waals surface area contributed by atoms with Gasteiger partial charge in [0.2, 0.25) is 0 Å².